The van der Waals surface area contributed by atoms with Gasteiger partial charge in [0.15, 0.2) is 11.5 Å². The first-order chi connectivity index (χ1) is 13.4. The number of benzene rings is 2. The lowest BCUT2D eigenvalue weighted by Gasteiger charge is -2.33. The second-order valence-corrected chi connectivity index (χ2v) is 10.8. The summed E-state index contributed by atoms with van der Waals surface area (Å²) in [4.78, 5) is 0. The average molecular weight is 503 g/mol. The Morgan fingerprint density at radius 2 is 1.66 bits per heavy atom. The predicted octanol–water partition coefficient (Wildman–Crippen LogP) is 7.65. The summed E-state index contributed by atoms with van der Waals surface area (Å²) in [5, 5.41) is 4.84. The van der Waals surface area contributed by atoms with Gasteiger partial charge < -0.3 is 14.8 Å². The Balaban J connectivity index is 2.12. The van der Waals surface area contributed by atoms with Crippen LogP contribution in [-0.4, -0.2) is 12.6 Å². The summed E-state index contributed by atoms with van der Waals surface area (Å²) in [6, 6.07) is 9.32. The van der Waals surface area contributed by atoms with Gasteiger partial charge in [-0.1, -0.05) is 66.0 Å². The highest BCUT2D eigenvalue weighted by atomic mass is 79.9. The van der Waals surface area contributed by atoms with Gasteiger partial charge >= 0.3 is 0 Å². The topological polar surface area (TPSA) is 30.5 Å². The van der Waals surface area contributed by atoms with Crippen molar-refractivity contribution in [3.63, 3.8) is 0 Å². The Bertz CT molecular complexity index is 848. The minimum Gasteiger partial charge on any atom is -0.493 e. The van der Waals surface area contributed by atoms with Gasteiger partial charge in [0.05, 0.1) is 7.11 Å². The van der Waals surface area contributed by atoms with Crippen molar-refractivity contribution in [3.8, 4) is 11.5 Å². The van der Waals surface area contributed by atoms with E-state index in [1.807, 2.05) is 18.2 Å². The summed E-state index contributed by atoms with van der Waals surface area (Å²) in [5.74, 6) is 1.34. The molecule has 2 rings (SSSR count). The number of halogens is 3. The predicted molar refractivity (Wildman–Crippen MR) is 126 cm³/mol. The van der Waals surface area contributed by atoms with E-state index in [4.69, 9.17) is 32.7 Å². The number of hydrogen-bond donors (Lipinski definition) is 1. The van der Waals surface area contributed by atoms with Gasteiger partial charge in [-0.2, -0.15) is 0 Å². The first-order valence-corrected chi connectivity index (χ1v) is 11.1. The second-order valence-electron chi connectivity index (χ2n) is 9.09. The molecule has 0 aliphatic carbocycles. The molecule has 0 saturated heterocycles. The smallest absolute Gasteiger partial charge is 0.162 e. The molecular formula is C23H30BrCl2NO2. The van der Waals surface area contributed by atoms with Crippen LogP contribution >= 0.6 is 39.1 Å². The van der Waals surface area contributed by atoms with Crippen LogP contribution in [0, 0.1) is 5.41 Å². The zero-order valence-electron chi connectivity index (χ0n) is 18.0. The lowest BCUT2D eigenvalue weighted by molar-refractivity contribution is 0.240. The maximum absolute atomic E-state index is 6.24. The molecule has 6 heteroatoms. The molecular weight excluding hydrogens is 473 g/mol. The molecule has 0 fully saturated rings. The highest BCUT2D eigenvalue weighted by Gasteiger charge is 2.25. The Labute approximate surface area is 193 Å². The van der Waals surface area contributed by atoms with E-state index in [0.717, 1.165) is 28.6 Å². The molecule has 0 bridgehead atoms. The van der Waals surface area contributed by atoms with E-state index < -0.39 is 0 Å². The van der Waals surface area contributed by atoms with Gasteiger partial charge in [0.1, 0.15) is 6.61 Å². The van der Waals surface area contributed by atoms with Crippen molar-refractivity contribution in [2.45, 2.75) is 59.7 Å². The molecule has 0 unspecified atom stereocenters. The van der Waals surface area contributed by atoms with Crippen LogP contribution in [0.25, 0.3) is 0 Å². The molecule has 0 aliphatic heterocycles. The summed E-state index contributed by atoms with van der Waals surface area (Å²) in [6.07, 6.45) is 1.07. The Kier molecular flexibility index (Phi) is 8.32. The van der Waals surface area contributed by atoms with Crippen molar-refractivity contribution in [3.05, 3.63) is 56.0 Å². The molecule has 2 aromatic rings. The van der Waals surface area contributed by atoms with Crippen molar-refractivity contribution in [1.82, 2.24) is 5.32 Å². The summed E-state index contributed by atoms with van der Waals surface area (Å²) >= 11 is 15.9. The number of hydrogen-bond acceptors (Lipinski definition) is 3. The molecule has 0 saturated carbocycles. The summed E-state index contributed by atoms with van der Waals surface area (Å²) < 4.78 is 12.5. The summed E-state index contributed by atoms with van der Waals surface area (Å²) in [5.41, 5.74) is 2.25. The Hall–Kier alpha value is -0.940. The fraction of sp³-hybridized carbons (Fsp3) is 0.478. The molecule has 0 spiro atoms. The van der Waals surface area contributed by atoms with Gasteiger partial charge in [-0.25, -0.2) is 0 Å². The molecule has 0 amide bonds. The molecule has 160 valence electrons. The van der Waals surface area contributed by atoms with Crippen LogP contribution in [0.3, 0.4) is 0 Å². The fourth-order valence-electron chi connectivity index (χ4n) is 3.50. The zero-order valence-corrected chi connectivity index (χ0v) is 21.1. The van der Waals surface area contributed by atoms with Gasteiger partial charge in [-0.3, -0.25) is 0 Å². The van der Waals surface area contributed by atoms with Crippen molar-refractivity contribution < 1.29 is 9.47 Å². The molecule has 0 atom stereocenters. The fourth-order valence-corrected chi connectivity index (χ4v) is 4.43. The normalized spacial score (nSPS) is 12.2. The van der Waals surface area contributed by atoms with Crippen LogP contribution in [0.4, 0.5) is 0 Å². The van der Waals surface area contributed by atoms with Crippen molar-refractivity contribution >= 4 is 39.1 Å². The van der Waals surface area contributed by atoms with E-state index in [1.54, 1.807) is 19.2 Å². The largest absolute Gasteiger partial charge is 0.493 e. The van der Waals surface area contributed by atoms with Crippen LogP contribution in [0.15, 0.2) is 34.8 Å². The van der Waals surface area contributed by atoms with E-state index in [1.165, 1.54) is 0 Å². The standard InChI is InChI=1S/C23H30BrCl2NO2/c1-22(2,3)14-23(4,5)27-12-16-9-20(28-6)21(11-18(16)24)29-13-15-7-8-17(25)10-19(15)26/h7-11,27H,12-14H2,1-6H3. The monoisotopic (exact) mass is 501 g/mol. The molecule has 0 aliphatic rings. The van der Waals surface area contributed by atoms with Gasteiger partial charge in [0.2, 0.25) is 0 Å². The highest BCUT2D eigenvalue weighted by Crippen LogP contribution is 2.35. The van der Waals surface area contributed by atoms with E-state index in [9.17, 15) is 0 Å². The maximum Gasteiger partial charge on any atom is 0.162 e. The van der Waals surface area contributed by atoms with Gasteiger partial charge in [0.25, 0.3) is 0 Å². The number of nitrogens with one attached hydrogen (secondary N) is 1. The summed E-state index contributed by atoms with van der Waals surface area (Å²) in [6.45, 7) is 12.3. The first kappa shape index (κ1) is 24.3. The van der Waals surface area contributed by atoms with E-state index in [2.05, 4.69) is 55.9 Å². The van der Waals surface area contributed by atoms with E-state index in [-0.39, 0.29) is 11.0 Å². The van der Waals surface area contributed by atoms with E-state index >= 15 is 0 Å². The maximum atomic E-state index is 6.24. The number of methoxy groups -OCH3 is 1. The van der Waals surface area contributed by atoms with E-state index in [0.29, 0.717) is 28.2 Å². The van der Waals surface area contributed by atoms with Gasteiger partial charge in [0, 0.05) is 32.2 Å². The van der Waals surface area contributed by atoms with Crippen molar-refractivity contribution in [1.29, 1.82) is 0 Å². The summed E-state index contributed by atoms with van der Waals surface area (Å²) in [7, 11) is 1.64. The second kappa shape index (κ2) is 9.91. The minimum atomic E-state index is 0.0193. The SMILES string of the molecule is COc1cc(CNC(C)(C)CC(C)(C)C)c(Br)cc1OCc1ccc(Cl)cc1Cl. The van der Waals surface area contributed by atoms with Crippen LogP contribution < -0.4 is 14.8 Å². The molecule has 2 aromatic carbocycles. The van der Waals surface area contributed by atoms with Crippen molar-refractivity contribution in [2.75, 3.05) is 7.11 Å². The van der Waals surface area contributed by atoms with Gasteiger partial charge in [-0.05, 0) is 55.5 Å². The van der Waals surface area contributed by atoms with Crippen LogP contribution in [0.1, 0.15) is 52.2 Å². The minimum absolute atomic E-state index is 0.0193. The van der Waals surface area contributed by atoms with Crippen LogP contribution in [0.2, 0.25) is 10.0 Å². The average Bonchev–Trinajstić information content (AvgIpc) is 2.58. The Morgan fingerprint density at radius 1 is 0.966 bits per heavy atom. The lowest BCUT2D eigenvalue weighted by Crippen LogP contribution is -2.41. The number of ether oxygens (including phenoxy) is 2. The molecule has 1 N–H and O–H groups in total. The van der Waals surface area contributed by atoms with Gasteiger partial charge in [-0.15, -0.1) is 0 Å². The molecule has 0 radical (unpaired) electrons. The number of rotatable bonds is 8. The molecule has 29 heavy (non-hydrogen) atoms. The highest BCUT2D eigenvalue weighted by molar-refractivity contribution is 9.10. The zero-order chi connectivity index (χ0) is 21.8. The molecule has 3 nitrogen and oxygen atoms in total. The first-order valence-electron chi connectivity index (χ1n) is 9.58. The van der Waals surface area contributed by atoms with Crippen molar-refractivity contribution in [2.24, 2.45) is 5.41 Å². The third-order valence-corrected chi connectivity index (χ3v) is 5.79. The third kappa shape index (κ3) is 7.67. The van der Waals surface area contributed by atoms with Crippen LogP contribution in [0.5, 0.6) is 11.5 Å². The molecule has 0 aromatic heterocycles. The lowest BCUT2D eigenvalue weighted by atomic mass is 9.82. The molecule has 0 heterocycles. The third-order valence-electron chi connectivity index (χ3n) is 4.46. The quantitative estimate of drug-likeness (QED) is 0.402. The Morgan fingerprint density at radius 3 is 2.24 bits per heavy atom. The van der Waals surface area contributed by atoms with Crippen LogP contribution in [-0.2, 0) is 13.2 Å².